The van der Waals surface area contributed by atoms with E-state index in [-0.39, 0.29) is 11.8 Å². The average molecular weight is 347 g/mol. The number of anilines is 1. The monoisotopic (exact) mass is 346 g/mol. The van der Waals surface area contributed by atoms with Gasteiger partial charge in [-0.15, -0.1) is 0 Å². The molecular formula is C21H34N2O2. The number of fused-ring (bicyclic) bond motifs is 2. The molecule has 0 N–H and O–H groups in total. The number of aryl methyl sites for hydroxylation is 1. The Balaban J connectivity index is 0.000000730. The number of nitrogens with zero attached hydrogens (tertiary/aromatic N) is 2. The minimum atomic E-state index is -0.425. The largest absolute Gasteiger partial charge is 0.330 e. The molecule has 0 saturated heterocycles. The Hall–Kier alpha value is -1.84. The first kappa shape index (κ1) is 21.2. The molecule has 3 rings (SSSR count). The Bertz CT molecular complexity index is 637. The molecule has 140 valence electrons. The summed E-state index contributed by atoms with van der Waals surface area (Å²) in [6.45, 7) is 11.8. The highest BCUT2D eigenvalue weighted by Gasteiger charge is 2.35. The number of likely N-dealkylation sites (N-methyl/N-ethyl adjacent to an activating group) is 2. The third kappa shape index (κ3) is 3.73. The van der Waals surface area contributed by atoms with Gasteiger partial charge in [0, 0.05) is 14.1 Å². The van der Waals surface area contributed by atoms with Gasteiger partial charge in [0.2, 0.25) is 5.91 Å². The molecule has 1 aliphatic carbocycles. The lowest BCUT2D eigenvalue weighted by Crippen LogP contribution is -2.43. The van der Waals surface area contributed by atoms with Gasteiger partial charge in [0.15, 0.2) is 0 Å². The summed E-state index contributed by atoms with van der Waals surface area (Å²) in [5.74, 6) is -0.0740. The molecule has 0 radical (unpaired) electrons. The second-order valence-corrected chi connectivity index (χ2v) is 6.23. The molecule has 2 aliphatic rings. The number of amides is 2. The minimum absolute atomic E-state index is 0.0246. The van der Waals surface area contributed by atoms with Crippen LogP contribution in [0.25, 0.3) is 0 Å². The number of hydrogen-bond acceptors (Lipinski definition) is 2. The third-order valence-corrected chi connectivity index (χ3v) is 5.05. The second kappa shape index (κ2) is 9.02. The standard InChI is InChI=1S/C17H22N2O2.2C2H6/c1-10-13-8-6-5-7-12(13)9-14-15(10)19(4)16(20)11(2)18(3)17(14)21;2*1-2/h9,11H,5-8H2,1-4H3;2*1-2H3. The van der Waals surface area contributed by atoms with Crippen molar-refractivity contribution in [3.63, 3.8) is 0 Å². The second-order valence-electron chi connectivity index (χ2n) is 6.23. The fourth-order valence-electron chi connectivity index (χ4n) is 3.62. The predicted molar refractivity (Wildman–Crippen MR) is 105 cm³/mol. The SMILES string of the molecule is CC.CC.Cc1c2c(cc3c1N(C)C(=O)C(C)N(C)C3=O)CCCC2. The van der Waals surface area contributed by atoms with Gasteiger partial charge in [0.25, 0.3) is 5.91 Å². The van der Waals surface area contributed by atoms with Crippen LogP contribution in [0.4, 0.5) is 5.69 Å². The van der Waals surface area contributed by atoms with Crippen molar-refractivity contribution in [2.45, 2.75) is 73.3 Å². The van der Waals surface area contributed by atoms with Crippen molar-refractivity contribution >= 4 is 17.5 Å². The van der Waals surface area contributed by atoms with E-state index in [9.17, 15) is 9.59 Å². The zero-order valence-electron chi connectivity index (χ0n) is 17.2. The first-order chi connectivity index (χ1) is 11.9. The lowest BCUT2D eigenvalue weighted by molar-refractivity contribution is -0.121. The highest BCUT2D eigenvalue weighted by Crippen LogP contribution is 2.36. The van der Waals surface area contributed by atoms with E-state index in [1.54, 1.807) is 30.8 Å². The normalized spacial score (nSPS) is 19.0. The molecule has 0 fully saturated rings. The summed E-state index contributed by atoms with van der Waals surface area (Å²) < 4.78 is 0. The maximum atomic E-state index is 12.7. The summed E-state index contributed by atoms with van der Waals surface area (Å²) in [7, 11) is 3.49. The Kier molecular flexibility index (Phi) is 7.65. The Labute approximate surface area is 153 Å². The van der Waals surface area contributed by atoms with Crippen molar-refractivity contribution in [2.75, 3.05) is 19.0 Å². The van der Waals surface area contributed by atoms with E-state index in [0.717, 1.165) is 24.1 Å². The Morgan fingerprint density at radius 3 is 2.16 bits per heavy atom. The van der Waals surface area contributed by atoms with Crippen LogP contribution < -0.4 is 4.90 Å². The summed E-state index contributed by atoms with van der Waals surface area (Å²) in [6, 6.07) is 1.60. The molecule has 1 aliphatic heterocycles. The fraction of sp³-hybridized carbons (Fsp3) is 0.619. The minimum Gasteiger partial charge on any atom is -0.330 e. The van der Waals surface area contributed by atoms with Crippen LogP contribution in [-0.4, -0.2) is 36.9 Å². The van der Waals surface area contributed by atoms with E-state index in [0.29, 0.717) is 5.56 Å². The smallest absolute Gasteiger partial charge is 0.256 e. The van der Waals surface area contributed by atoms with E-state index in [2.05, 4.69) is 6.92 Å². The molecule has 4 heteroatoms. The topological polar surface area (TPSA) is 40.6 Å². The van der Waals surface area contributed by atoms with Gasteiger partial charge in [-0.3, -0.25) is 9.59 Å². The van der Waals surface area contributed by atoms with Gasteiger partial charge in [0.1, 0.15) is 6.04 Å². The van der Waals surface area contributed by atoms with E-state index >= 15 is 0 Å². The molecule has 2 amide bonds. The number of hydrogen-bond donors (Lipinski definition) is 0. The van der Waals surface area contributed by atoms with Crippen LogP contribution in [0.2, 0.25) is 0 Å². The molecular weight excluding hydrogens is 312 g/mol. The first-order valence-electron chi connectivity index (χ1n) is 9.63. The molecule has 0 aromatic heterocycles. The zero-order chi connectivity index (χ0) is 19.3. The van der Waals surface area contributed by atoms with E-state index in [1.807, 2.05) is 33.8 Å². The molecule has 1 unspecified atom stereocenters. The molecule has 1 heterocycles. The molecule has 25 heavy (non-hydrogen) atoms. The lowest BCUT2D eigenvalue weighted by atomic mass is 9.85. The molecule has 0 bridgehead atoms. The van der Waals surface area contributed by atoms with Crippen LogP contribution in [0.5, 0.6) is 0 Å². The first-order valence-corrected chi connectivity index (χ1v) is 9.63. The zero-order valence-corrected chi connectivity index (χ0v) is 17.2. The van der Waals surface area contributed by atoms with Crippen molar-refractivity contribution in [1.82, 2.24) is 4.90 Å². The number of carbonyl (C=O) groups is 2. The molecule has 1 aromatic rings. The molecule has 4 nitrogen and oxygen atoms in total. The van der Waals surface area contributed by atoms with Gasteiger partial charge < -0.3 is 9.80 Å². The number of rotatable bonds is 0. The molecule has 0 saturated carbocycles. The van der Waals surface area contributed by atoms with Gasteiger partial charge in [-0.25, -0.2) is 0 Å². The van der Waals surface area contributed by atoms with Crippen LogP contribution in [0.1, 0.15) is 74.5 Å². The maximum Gasteiger partial charge on any atom is 0.256 e. The highest BCUT2D eigenvalue weighted by molar-refractivity contribution is 6.11. The Morgan fingerprint density at radius 2 is 1.56 bits per heavy atom. The van der Waals surface area contributed by atoms with Gasteiger partial charge >= 0.3 is 0 Å². The number of benzene rings is 1. The maximum absolute atomic E-state index is 12.7. The molecule has 1 atom stereocenters. The van der Waals surface area contributed by atoms with Gasteiger partial charge in [-0.2, -0.15) is 0 Å². The Morgan fingerprint density at radius 1 is 1.00 bits per heavy atom. The van der Waals surface area contributed by atoms with Crippen LogP contribution >= 0.6 is 0 Å². The molecule has 1 aromatic carbocycles. The summed E-state index contributed by atoms with van der Waals surface area (Å²) in [5, 5.41) is 0. The van der Waals surface area contributed by atoms with Crippen molar-refractivity contribution < 1.29 is 9.59 Å². The van der Waals surface area contributed by atoms with Crippen molar-refractivity contribution in [3.8, 4) is 0 Å². The van der Waals surface area contributed by atoms with Crippen molar-refractivity contribution in [1.29, 1.82) is 0 Å². The summed E-state index contributed by atoms with van der Waals surface area (Å²) in [6.07, 6.45) is 4.46. The number of carbonyl (C=O) groups excluding carboxylic acids is 2. The highest BCUT2D eigenvalue weighted by atomic mass is 16.2. The molecule has 0 spiro atoms. The average Bonchev–Trinajstić information content (AvgIpc) is 2.72. The quantitative estimate of drug-likeness (QED) is 0.700. The van der Waals surface area contributed by atoms with Crippen LogP contribution in [0.15, 0.2) is 6.07 Å². The summed E-state index contributed by atoms with van der Waals surface area (Å²) >= 11 is 0. The van der Waals surface area contributed by atoms with Gasteiger partial charge in [-0.05, 0) is 62.3 Å². The summed E-state index contributed by atoms with van der Waals surface area (Å²) in [4.78, 5) is 28.5. The van der Waals surface area contributed by atoms with E-state index in [4.69, 9.17) is 0 Å². The fourth-order valence-corrected chi connectivity index (χ4v) is 3.62. The predicted octanol–water partition coefficient (Wildman–Crippen LogP) is 4.36. The van der Waals surface area contributed by atoms with Gasteiger partial charge in [0.05, 0.1) is 11.3 Å². The van der Waals surface area contributed by atoms with E-state index < -0.39 is 6.04 Å². The van der Waals surface area contributed by atoms with Gasteiger partial charge in [-0.1, -0.05) is 27.7 Å². The van der Waals surface area contributed by atoms with E-state index in [1.165, 1.54) is 24.0 Å². The lowest BCUT2D eigenvalue weighted by Gasteiger charge is -2.26. The van der Waals surface area contributed by atoms with Crippen LogP contribution in [0.3, 0.4) is 0 Å². The van der Waals surface area contributed by atoms with Crippen LogP contribution in [0, 0.1) is 6.92 Å². The summed E-state index contributed by atoms with van der Waals surface area (Å²) in [5.41, 5.74) is 5.21. The van der Waals surface area contributed by atoms with Crippen molar-refractivity contribution in [2.24, 2.45) is 0 Å². The van der Waals surface area contributed by atoms with Crippen LogP contribution in [-0.2, 0) is 17.6 Å². The van der Waals surface area contributed by atoms with Crippen molar-refractivity contribution in [3.05, 3.63) is 28.3 Å². The third-order valence-electron chi connectivity index (χ3n) is 5.05.